The first-order valence-electron chi connectivity index (χ1n) is 6.21. The zero-order valence-electron chi connectivity index (χ0n) is 11.0. The van der Waals surface area contributed by atoms with E-state index in [2.05, 4.69) is 0 Å². The highest BCUT2D eigenvalue weighted by Gasteiger charge is 2.41. The summed E-state index contributed by atoms with van der Waals surface area (Å²) >= 11 is 0. The fourth-order valence-electron chi connectivity index (χ4n) is 1.83. The molecule has 0 bridgehead atoms. The molecule has 1 saturated heterocycles. The van der Waals surface area contributed by atoms with Crippen molar-refractivity contribution in [3.05, 3.63) is 23.3 Å². The van der Waals surface area contributed by atoms with Crippen LogP contribution < -0.4 is 0 Å². The van der Waals surface area contributed by atoms with Crippen molar-refractivity contribution in [2.45, 2.75) is 18.9 Å². The molecular weight excluding hydrogens is 316 g/mol. The van der Waals surface area contributed by atoms with Crippen molar-refractivity contribution in [2.24, 2.45) is 0 Å². The predicted octanol–water partition coefficient (Wildman–Crippen LogP) is 0.591. The van der Waals surface area contributed by atoms with Gasteiger partial charge in [-0.25, -0.2) is 0 Å². The fraction of sp³-hybridized carbons (Fsp3) is 0.417. The first-order chi connectivity index (χ1) is 10.0. The van der Waals surface area contributed by atoms with Crippen molar-refractivity contribution < 1.29 is 24.6 Å². The number of amides is 2. The second-order valence-corrected chi connectivity index (χ2v) is 6.76. The third kappa shape index (κ3) is 3.80. The van der Waals surface area contributed by atoms with E-state index in [1.807, 2.05) is 0 Å². The van der Waals surface area contributed by atoms with Crippen LogP contribution in [0, 0.1) is 0 Å². The standard InChI is InChI=1S/C12H14N2O5S2/c15-8-7-9(16)14(12(8)19)13-5-2-1-3-10(13)21-20-6-4-11(17)18/h1-3,8,15H,4-7H2,(H,17,18). The van der Waals surface area contributed by atoms with Crippen LogP contribution in [0.2, 0.25) is 0 Å². The Kier molecular flexibility index (Phi) is 5.32. The second kappa shape index (κ2) is 7.01. The smallest absolute Gasteiger partial charge is 0.304 e. The van der Waals surface area contributed by atoms with Crippen molar-refractivity contribution >= 4 is 39.4 Å². The Hall–Kier alpha value is -1.45. The Bertz CT molecular complexity index is 520. The lowest BCUT2D eigenvalue weighted by molar-refractivity contribution is -0.155. The summed E-state index contributed by atoms with van der Waals surface area (Å²) < 4.78 is 0. The molecule has 9 heteroatoms. The highest BCUT2D eigenvalue weighted by Crippen LogP contribution is 2.36. The molecule has 2 aliphatic rings. The Balaban J connectivity index is 2.00. The highest BCUT2D eigenvalue weighted by atomic mass is 33.1. The summed E-state index contributed by atoms with van der Waals surface area (Å²) in [6.45, 7) is 0.350. The maximum absolute atomic E-state index is 11.8. The minimum Gasteiger partial charge on any atom is -0.481 e. The Morgan fingerprint density at radius 3 is 2.81 bits per heavy atom. The molecule has 2 N–H and O–H groups in total. The largest absolute Gasteiger partial charge is 0.481 e. The number of carboxylic acids is 1. The lowest BCUT2D eigenvalue weighted by atomic mass is 10.3. The third-order valence-corrected chi connectivity index (χ3v) is 5.16. The number of nitrogens with zero attached hydrogens (tertiary/aromatic N) is 2. The summed E-state index contributed by atoms with van der Waals surface area (Å²) in [7, 11) is 2.64. The summed E-state index contributed by atoms with van der Waals surface area (Å²) in [5.41, 5.74) is 0. The molecule has 1 atom stereocenters. The molecule has 0 aromatic carbocycles. The first-order valence-corrected chi connectivity index (χ1v) is 8.53. The molecule has 0 spiro atoms. The Labute approximate surface area is 129 Å². The predicted molar refractivity (Wildman–Crippen MR) is 78.7 cm³/mol. The maximum atomic E-state index is 11.8. The van der Waals surface area contributed by atoms with Crippen molar-refractivity contribution in [1.82, 2.24) is 10.0 Å². The lowest BCUT2D eigenvalue weighted by Gasteiger charge is -2.33. The van der Waals surface area contributed by atoms with Crippen LogP contribution in [0.3, 0.4) is 0 Å². The topological polar surface area (TPSA) is 98.2 Å². The second-order valence-electron chi connectivity index (χ2n) is 4.33. The Morgan fingerprint density at radius 2 is 2.19 bits per heavy atom. The maximum Gasteiger partial charge on any atom is 0.304 e. The third-order valence-electron chi connectivity index (χ3n) is 2.79. The summed E-state index contributed by atoms with van der Waals surface area (Å²) in [4.78, 5) is 34.1. The number of hydrogen-bond acceptors (Lipinski definition) is 7. The molecule has 2 rings (SSSR count). The minimum atomic E-state index is -1.28. The number of carbonyl (C=O) groups excluding carboxylic acids is 2. The van der Waals surface area contributed by atoms with Crippen molar-refractivity contribution in [3.8, 4) is 0 Å². The average molecular weight is 330 g/mol. The monoisotopic (exact) mass is 330 g/mol. The summed E-state index contributed by atoms with van der Waals surface area (Å²) in [5, 5.41) is 21.2. The zero-order valence-corrected chi connectivity index (χ0v) is 12.6. The van der Waals surface area contributed by atoms with E-state index < -0.39 is 23.9 Å². The number of imide groups is 1. The molecule has 0 saturated carbocycles. The number of allylic oxidation sites excluding steroid dienone is 2. The van der Waals surface area contributed by atoms with Gasteiger partial charge in [-0.05, 0) is 16.9 Å². The number of aliphatic hydroxyl groups excluding tert-OH is 1. The highest BCUT2D eigenvalue weighted by molar-refractivity contribution is 8.78. The van der Waals surface area contributed by atoms with Crippen LogP contribution in [-0.2, 0) is 14.4 Å². The fourth-order valence-corrected chi connectivity index (χ4v) is 3.95. The first kappa shape index (κ1) is 15.9. The van der Waals surface area contributed by atoms with Crippen LogP contribution in [0.1, 0.15) is 12.8 Å². The van der Waals surface area contributed by atoms with Crippen LogP contribution in [0.15, 0.2) is 23.3 Å². The molecule has 2 amide bonds. The van der Waals surface area contributed by atoms with Gasteiger partial charge in [0.25, 0.3) is 11.8 Å². The van der Waals surface area contributed by atoms with Crippen LogP contribution in [-0.4, -0.2) is 56.4 Å². The number of aliphatic carboxylic acids is 1. The van der Waals surface area contributed by atoms with Crippen molar-refractivity contribution in [2.75, 3.05) is 12.3 Å². The molecule has 0 aromatic heterocycles. The molecule has 0 aromatic rings. The molecule has 2 heterocycles. The van der Waals surface area contributed by atoms with Gasteiger partial charge in [0, 0.05) is 5.75 Å². The Morgan fingerprint density at radius 1 is 1.43 bits per heavy atom. The molecule has 1 unspecified atom stereocenters. The van der Waals surface area contributed by atoms with E-state index in [0.29, 0.717) is 17.3 Å². The van der Waals surface area contributed by atoms with Gasteiger partial charge in [0.1, 0.15) is 11.1 Å². The van der Waals surface area contributed by atoms with Gasteiger partial charge < -0.3 is 10.2 Å². The van der Waals surface area contributed by atoms with Gasteiger partial charge in [-0.3, -0.25) is 19.4 Å². The molecule has 0 aliphatic carbocycles. The van der Waals surface area contributed by atoms with E-state index in [9.17, 15) is 19.5 Å². The normalized spacial score (nSPS) is 22.0. The van der Waals surface area contributed by atoms with E-state index in [-0.39, 0.29) is 12.8 Å². The summed E-state index contributed by atoms with van der Waals surface area (Å²) in [5.74, 6) is -1.52. The number of carbonyl (C=O) groups is 3. The van der Waals surface area contributed by atoms with E-state index >= 15 is 0 Å². The molecular formula is C12H14N2O5S2. The summed E-state index contributed by atoms with van der Waals surface area (Å²) in [6, 6.07) is 0. The number of aliphatic hydroxyl groups is 1. The van der Waals surface area contributed by atoms with E-state index in [4.69, 9.17) is 5.11 Å². The van der Waals surface area contributed by atoms with Gasteiger partial charge in [-0.15, -0.1) is 0 Å². The quantitative estimate of drug-likeness (QED) is 0.415. The minimum absolute atomic E-state index is 0.0427. The van der Waals surface area contributed by atoms with Crippen molar-refractivity contribution in [1.29, 1.82) is 0 Å². The van der Waals surface area contributed by atoms with Gasteiger partial charge in [0.05, 0.1) is 19.4 Å². The van der Waals surface area contributed by atoms with Crippen LogP contribution >= 0.6 is 21.6 Å². The molecule has 2 aliphatic heterocycles. The van der Waals surface area contributed by atoms with Crippen LogP contribution in [0.25, 0.3) is 0 Å². The van der Waals surface area contributed by atoms with E-state index in [1.165, 1.54) is 26.6 Å². The van der Waals surface area contributed by atoms with E-state index in [1.54, 1.807) is 18.2 Å². The number of hydrogen-bond donors (Lipinski definition) is 2. The van der Waals surface area contributed by atoms with Crippen LogP contribution in [0.5, 0.6) is 0 Å². The molecule has 114 valence electrons. The van der Waals surface area contributed by atoms with Gasteiger partial charge in [0.2, 0.25) is 0 Å². The van der Waals surface area contributed by atoms with Crippen molar-refractivity contribution in [3.63, 3.8) is 0 Å². The molecule has 21 heavy (non-hydrogen) atoms. The van der Waals surface area contributed by atoms with Gasteiger partial charge >= 0.3 is 5.97 Å². The molecule has 0 radical (unpaired) electrons. The SMILES string of the molecule is O=C(O)CCSSC1=CC=CCN1N1C(=O)CC(O)C1=O. The number of hydrazine groups is 1. The van der Waals surface area contributed by atoms with Gasteiger partial charge in [-0.2, -0.15) is 5.01 Å². The van der Waals surface area contributed by atoms with Gasteiger partial charge in [-0.1, -0.05) is 22.9 Å². The molecule has 7 nitrogen and oxygen atoms in total. The molecule has 1 fully saturated rings. The van der Waals surface area contributed by atoms with Gasteiger partial charge in [0.15, 0.2) is 0 Å². The zero-order chi connectivity index (χ0) is 15.4. The number of carboxylic acid groups (broad SMARTS) is 1. The number of rotatable bonds is 6. The average Bonchev–Trinajstić information content (AvgIpc) is 2.69. The lowest BCUT2D eigenvalue weighted by Crippen LogP contribution is -2.46. The van der Waals surface area contributed by atoms with E-state index in [0.717, 1.165) is 5.01 Å². The summed E-state index contributed by atoms with van der Waals surface area (Å²) in [6.07, 6.45) is 3.89. The van der Waals surface area contributed by atoms with Crippen LogP contribution in [0.4, 0.5) is 0 Å².